The quantitative estimate of drug-likeness (QED) is 0.831. The van der Waals surface area contributed by atoms with Crippen molar-refractivity contribution in [3.8, 4) is 5.75 Å². The highest BCUT2D eigenvalue weighted by Gasteiger charge is 2.58. The maximum atomic E-state index is 12.6. The van der Waals surface area contributed by atoms with Gasteiger partial charge in [-0.25, -0.2) is 0 Å². The molecule has 1 aliphatic carbocycles. The average molecular weight is 372 g/mol. The molecule has 144 valence electrons. The van der Waals surface area contributed by atoms with E-state index >= 15 is 0 Å². The van der Waals surface area contributed by atoms with Crippen molar-refractivity contribution in [2.24, 2.45) is 5.41 Å². The number of fused-ring (bicyclic) bond motifs is 3. The normalized spacial score (nSPS) is 24.2. The molecule has 6 nitrogen and oxygen atoms in total. The number of carbonyl (C=O) groups excluding carboxylic acids is 2. The molecule has 6 heteroatoms. The summed E-state index contributed by atoms with van der Waals surface area (Å²) in [7, 11) is 4.14. The topological polar surface area (TPSA) is 82.1 Å². The highest BCUT2D eigenvalue weighted by atomic mass is 16.5. The van der Waals surface area contributed by atoms with Gasteiger partial charge in [0.25, 0.3) is 0 Å². The molecule has 0 fully saturated rings. The smallest absolute Gasteiger partial charge is 0.314 e. The van der Waals surface area contributed by atoms with E-state index in [-0.39, 0.29) is 6.42 Å². The summed E-state index contributed by atoms with van der Waals surface area (Å²) in [5.41, 5.74) is -1.56. The molecule has 0 aromatic heterocycles. The van der Waals surface area contributed by atoms with E-state index < -0.39 is 23.0 Å². The Balaban J connectivity index is 2.27. The Labute approximate surface area is 158 Å². The lowest BCUT2D eigenvalue weighted by Gasteiger charge is -2.47. The van der Waals surface area contributed by atoms with E-state index in [0.717, 1.165) is 16.3 Å². The average Bonchev–Trinajstić information content (AvgIpc) is 2.69. The van der Waals surface area contributed by atoms with Crippen molar-refractivity contribution in [3.63, 3.8) is 0 Å². The zero-order valence-electron chi connectivity index (χ0n) is 16.0. The molecular formula is C21H24O6. The maximum Gasteiger partial charge on any atom is 0.314 e. The minimum absolute atomic E-state index is 0.336. The Kier molecular flexibility index (Phi) is 4.86. The Morgan fingerprint density at radius 2 is 1.81 bits per heavy atom. The van der Waals surface area contributed by atoms with Crippen LogP contribution >= 0.6 is 0 Å². The number of aliphatic hydroxyl groups is 1. The second-order valence-corrected chi connectivity index (χ2v) is 7.12. The predicted octanol–water partition coefficient (Wildman–Crippen LogP) is 2.72. The summed E-state index contributed by atoms with van der Waals surface area (Å²) in [6.45, 7) is 1.64. The third-order valence-corrected chi connectivity index (χ3v) is 5.84. The molecule has 1 N–H and O–H groups in total. The third kappa shape index (κ3) is 2.84. The molecule has 0 saturated carbocycles. The van der Waals surface area contributed by atoms with Crippen LogP contribution in [0.15, 0.2) is 30.3 Å². The van der Waals surface area contributed by atoms with Crippen molar-refractivity contribution in [3.05, 3.63) is 41.5 Å². The lowest BCUT2D eigenvalue weighted by atomic mass is 9.60. The first kappa shape index (κ1) is 19.2. The van der Waals surface area contributed by atoms with Crippen LogP contribution < -0.4 is 4.74 Å². The summed E-state index contributed by atoms with van der Waals surface area (Å²) in [6, 6.07) is 9.39. The molecule has 2 aromatic rings. The second kappa shape index (κ2) is 6.85. The van der Waals surface area contributed by atoms with Crippen LogP contribution in [0, 0.1) is 5.41 Å². The summed E-state index contributed by atoms with van der Waals surface area (Å²) in [5.74, 6) is -0.440. The van der Waals surface area contributed by atoms with E-state index in [2.05, 4.69) is 0 Å². The number of ether oxygens (including phenoxy) is 3. The summed E-state index contributed by atoms with van der Waals surface area (Å²) < 4.78 is 15.1. The first-order valence-corrected chi connectivity index (χ1v) is 8.78. The number of aryl methyl sites for hydroxylation is 1. The number of carbonyl (C=O) groups is 2. The summed E-state index contributed by atoms with van der Waals surface area (Å²) in [5, 5.41) is 13.6. The number of hydrogen-bond donors (Lipinski definition) is 1. The largest absolute Gasteiger partial charge is 0.497 e. The standard InChI is InChI=1S/C21H24O6/c1-20(19(23)27-4)10-9-15-16-11-14(25-2)7-5-13(16)6-8-17(15)21(20,24)12-18(22)26-3/h5-8,11,24H,9-10,12H2,1-4H3/t20-,21-/m1/s1. The van der Waals surface area contributed by atoms with Gasteiger partial charge in [0.2, 0.25) is 0 Å². The van der Waals surface area contributed by atoms with Crippen LogP contribution in [0.1, 0.15) is 30.9 Å². The Morgan fingerprint density at radius 3 is 2.44 bits per heavy atom. The lowest BCUT2D eigenvalue weighted by molar-refractivity contribution is -0.181. The Morgan fingerprint density at radius 1 is 1.11 bits per heavy atom. The minimum atomic E-state index is -1.74. The van der Waals surface area contributed by atoms with Crippen LogP contribution in [0.25, 0.3) is 10.8 Å². The highest BCUT2D eigenvalue weighted by molar-refractivity contribution is 5.90. The van der Waals surface area contributed by atoms with E-state index in [1.807, 2.05) is 24.3 Å². The molecule has 0 heterocycles. The fourth-order valence-electron chi connectivity index (χ4n) is 4.09. The molecule has 1 aliphatic rings. The lowest BCUT2D eigenvalue weighted by Crippen LogP contribution is -2.53. The molecule has 0 amide bonds. The van der Waals surface area contributed by atoms with Crippen LogP contribution in [0.3, 0.4) is 0 Å². The van der Waals surface area contributed by atoms with Crippen LogP contribution in [0.5, 0.6) is 5.75 Å². The second-order valence-electron chi connectivity index (χ2n) is 7.12. The molecule has 0 radical (unpaired) electrons. The van der Waals surface area contributed by atoms with Gasteiger partial charge in [0.1, 0.15) is 11.4 Å². The van der Waals surface area contributed by atoms with Gasteiger partial charge in [0.05, 0.1) is 33.2 Å². The Bertz CT molecular complexity index is 905. The van der Waals surface area contributed by atoms with Crippen molar-refractivity contribution in [2.45, 2.75) is 31.8 Å². The van der Waals surface area contributed by atoms with Gasteiger partial charge < -0.3 is 19.3 Å². The van der Waals surface area contributed by atoms with Gasteiger partial charge in [-0.3, -0.25) is 9.59 Å². The molecule has 2 atom stereocenters. The first-order chi connectivity index (χ1) is 12.8. The molecule has 0 bridgehead atoms. The van der Waals surface area contributed by atoms with Gasteiger partial charge in [-0.1, -0.05) is 18.2 Å². The van der Waals surface area contributed by atoms with E-state index in [1.165, 1.54) is 14.2 Å². The number of hydrogen-bond acceptors (Lipinski definition) is 6. The van der Waals surface area contributed by atoms with E-state index in [1.54, 1.807) is 20.1 Å². The number of rotatable bonds is 4. The third-order valence-electron chi connectivity index (χ3n) is 5.84. The predicted molar refractivity (Wildman–Crippen MR) is 99.5 cm³/mol. The van der Waals surface area contributed by atoms with Crippen LogP contribution in [0.2, 0.25) is 0 Å². The van der Waals surface area contributed by atoms with Crippen molar-refractivity contribution >= 4 is 22.7 Å². The zero-order chi connectivity index (χ0) is 19.8. The van der Waals surface area contributed by atoms with Crippen molar-refractivity contribution in [1.82, 2.24) is 0 Å². The molecule has 0 unspecified atom stereocenters. The van der Waals surface area contributed by atoms with Crippen molar-refractivity contribution in [2.75, 3.05) is 21.3 Å². The molecule has 27 heavy (non-hydrogen) atoms. The van der Waals surface area contributed by atoms with E-state index in [0.29, 0.717) is 24.2 Å². The SMILES string of the molecule is COC(=O)C[C@@]1(O)c2ccc3ccc(OC)cc3c2CC[C@]1(C)C(=O)OC. The monoisotopic (exact) mass is 372 g/mol. The highest BCUT2D eigenvalue weighted by Crippen LogP contribution is 2.52. The van der Waals surface area contributed by atoms with Crippen LogP contribution in [0.4, 0.5) is 0 Å². The molecule has 2 aromatic carbocycles. The molecule has 3 rings (SSSR count). The Hall–Kier alpha value is -2.60. The zero-order valence-corrected chi connectivity index (χ0v) is 16.0. The first-order valence-electron chi connectivity index (χ1n) is 8.78. The molecule has 0 aliphatic heterocycles. The van der Waals surface area contributed by atoms with Gasteiger partial charge >= 0.3 is 11.9 Å². The van der Waals surface area contributed by atoms with Gasteiger partial charge in [0, 0.05) is 0 Å². The van der Waals surface area contributed by atoms with Gasteiger partial charge in [0.15, 0.2) is 0 Å². The van der Waals surface area contributed by atoms with E-state index in [9.17, 15) is 14.7 Å². The van der Waals surface area contributed by atoms with Gasteiger partial charge in [-0.15, -0.1) is 0 Å². The molecule has 0 saturated heterocycles. The van der Waals surface area contributed by atoms with E-state index in [4.69, 9.17) is 14.2 Å². The maximum absolute atomic E-state index is 12.6. The number of benzene rings is 2. The summed E-state index contributed by atoms with van der Waals surface area (Å²) in [4.78, 5) is 24.7. The van der Waals surface area contributed by atoms with Crippen molar-refractivity contribution < 1.29 is 28.9 Å². The number of methoxy groups -OCH3 is 3. The molecular weight excluding hydrogens is 348 g/mol. The summed E-state index contributed by atoms with van der Waals surface area (Å²) in [6.07, 6.45) is 0.572. The number of esters is 2. The fraction of sp³-hybridized carbons (Fsp3) is 0.429. The van der Waals surface area contributed by atoms with Crippen molar-refractivity contribution in [1.29, 1.82) is 0 Å². The van der Waals surface area contributed by atoms with Gasteiger partial charge in [-0.05, 0) is 53.8 Å². The van der Waals surface area contributed by atoms with Gasteiger partial charge in [-0.2, -0.15) is 0 Å². The minimum Gasteiger partial charge on any atom is -0.497 e. The fourth-order valence-corrected chi connectivity index (χ4v) is 4.09. The molecule has 0 spiro atoms. The van der Waals surface area contributed by atoms with Crippen LogP contribution in [-0.4, -0.2) is 38.4 Å². The van der Waals surface area contributed by atoms with Crippen LogP contribution in [-0.2, 0) is 31.1 Å². The summed E-state index contributed by atoms with van der Waals surface area (Å²) >= 11 is 0.